The monoisotopic (exact) mass is 424 g/mol. The lowest BCUT2D eigenvalue weighted by molar-refractivity contribution is 0.363. The van der Waals surface area contributed by atoms with Gasteiger partial charge in [-0.3, -0.25) is 0 Å². The first-order chi connectivity index (χ1) is 11.6. The van der Waals surface area contributed by atoms with E-state index < -0.39 is 21.9 Å². The van der Waals surface area contributed by atoms with Gasteiger partial charge in [-0.25, -0.2) is 17.5 Å². The van der Waals surface area contributed by atoms with Gasteiger partial charge in [0.15, 0.2) is 0 Å². The largest absolute Gasteiger partial charge is 0.307 e. The van der Waals surface area contributed by atoms with Crippen molar-refractivity contribution >= 4 is 44.8 Å². The summed E-state index contributed by atoms with van der Waals surface area (Å²) in [6.45, 7) is 0.368. The number of benzene rings is 2. The zero-order valence-corrected chi connectivity index (χ0v) is 16.5. The van der Waals surface area contributed by atoms with E-state index in [0.29, 0.717) is 22.2 Å². The quantitative estimate of drug-likeness (QED) is 0.748. The number of hydrogen-bond donors (Lipinski definition) is 1. The maximum atomic E-state index is 13.6. The second-order valence-electron chi connectivity index (χ2n) is 5.69. The van der Waals surface area contributed by atoms with E-state index in [1.165, 1.54) is 12.1 Å². The summed E-state index contributed by atoms with van der Waals surface area (Å²) in [5, 5.41) is 0.546. The summed E-state index contributed by atoms with van der Waals surface area (Å²) in [7, 11) is -0.354. The predicted molar refractivity (Wildman–Crippen MR) is 99.5 cm³/mol. The summed E-state index contributed by atoms with van der Waals surface area (Å²) in [5.41, 5.74) is 0.640. The minimum Gasteiger partial charge on any atom is -0.307 e. The van der Waals surface area contributed by atoms with Gasteiger partial charge < -0.3 is 4.90 Å². The predicted octanol–water partition coefficient (Wildman–Crippen LogP) is 4.37. The third kappa shape index (κ3) is 5.29. The lowest BCUT2D eigenvalue weighted by Crippen LogP contribution is -2.35. The fourth-order valence-electron chi connectivity index (χ4n) is 2.20. The topological polar surface area (TPSA) is 49.4 Å². The average molecular weight is 426 g/mol. The minimum absolute atomic E-state index is 0.145. The molecule has 0 aliphatic rings. The highest BCUT2D eigenvalue weighted by molar-refractivity contribution is 7.89. The Kier molecular flexibility index (Phi) is 6.70. The number of likely N-dealkylation sites (N-methyl/N-ethyl adjacent to an activating group) is 1. The molecule has 0 aromatic heterocycles. The van der Waals surface area contributed by atoms with Gasteiger partial charge in [-0.2, -0.15) is 0 Å². The maximum Gasteiger partial charge on any atom is 0.241 e. The van der Waals surface area contributed by atoms with Gasteiger partial charge in [-0.1, -0.05) is 40.9 Å². The third-order valence-electron chi connectivity index (χ3n) is 3.39. The molecule has 0 fully saturated rings. The van der Waals surface area contributed by atoms with Crippen molar-refractivity contribution in [3.8, 4) is 0 Å². The first kappa shape index (κ1) is 20.4. The third-order valence-corrected chi connectivity index (χ3v) is 5.91. The van der Waals surface area contributed by atoms with Crippen LogP contribution in [0.2, 0.25) is 15.1 Å². The molecule has 0 heterocycles. The standard InChI is InChI=1S/C16H16Cl3FN2O2S/c1-22(2)9-16(10-3-5-12(17)14(19)7-10)21-25(23,24)11-4-6-13(18)15(20)8-11/h3-8,16,21H,9H2,1-2H3/t16-/m0/s1. The van der Waals surface area contributed by atoms with E-state index in [-0.39, 0.29) is 9.92 Å². The molecule has 1 N–H and O–H groups in total. The van der Waals surface area contributed by atoms with Crippen molar-refractivity contribution in [3.63, 3.8) is 0 Å². The summed E-state index contributed by atoms with van der Waals surface area (Å²) in [6, 6.07) is 7.61. The molecule has 2 aromatic carbocycles. The van der Waals surface area contributed by atoms with E-state index in [4.69, 9.17) is 34.8 Å². The van der Waals surface area contributed by atoms with Crippen molar-refractivity contribution in [1.29, 1.82) is 0 Å². The van der Waals surface area contributed by atoms with Crippen molar-refractivity contribution < 1.29 is 12.8 Å². The number of hydrogen-bond acceptors (Lipinski definition) is 3. The van der Waals surface area contributed by atoms with Crippen molar-refractivity contribution in [2.24, 2.45) is 0 Å². The molecule has 0 aliphatic heterocycles. The van der Waals surface area contributed by atoms with Gasteiger partial charge in [0.1, 0.15) is 5.82 Å². The van der Waals surface area contributed by atoms with Crippen LogP contribution in [0.25, 0.3) is 0 Å². The lowest BCUT2D eigenvalue weighted by atomic mass is 10.1. The molecule has 0 amide bonds. The zero-order chi connectivity index (χ0) is 18.8. The Labute approximate surface area is 161 Å². The Morgan fingerprint density at radius 1 is 1.04 bits per heavy atom. The van der Waals surface area contributed by atoms with Crippen LogP contribution in [0.4, 0.5) is 4.39 Å². The summed E-state index contributed by atoms with van der Waals surface area (Å²) < 4.78 is 41.4. The SMILES string of the molecule is CN(C)C[C@H](NS(=O)(=O)c1ccc(Cl)c(F)c1)c1ccc(Cl)c(Cl)c1. The van der Waals surface area contributed by atoms with Crippen LogP contribution in [0.1, 0.15) is 11.6 Å². The summed E-state index contributed by atoms with van der Waals surface area (Å²) in [6.07, 6.45) is 0. The first-order valence-corrected chi connectivity index (χ1v) is 9.79. The van der Waals surface area contributed by atoms with E-state index in [1.807, 2.05) is 4.90 Å². The van der Waals surface area contributed by atoms with Gasteiger partial charge in [-0.15, -0.1) is 0 Å². The average Bonchev–Trinajstić information content (AvgIpc) is 2.51. The molecular formula is C16H16Cl3FN2O2S. The molecule has 0 radical (unpaired) electrons. The highest BCUT2D eigenvalue weighted by atomic mass is 35.5. The molecule has 136 valence electrons. The van der Waals surface area contributed by atoms with E-state index in [2.05, 4.69) is 4.72 Å². The molecule has 4 nitrogen and oxygen atoms in total. The number of sulfonamides is 1. The molecule has 9 heteroatoms. The molecule has 0 spiro atoms. The highest BCUT2D eigenvalue weighted by Crippen LogP contribution is 2.27. The van der Waals surface area contributed by atoms with Crippen LogP contribution in [-0.2, 0) is 10.0 Å². The van der Waals surface area contributed by atoms with E-state index in [1.54, 1.807) is 32.3 Å². The highest BCUT2D eigenvalue weighted by Gasteiger charge is 2.23. The Balaban J connectivity index is 2.38. The van der Waals surface area contributed by atoms with Crippen LogP contribution in [0.3, 0.4) is 0 Å². The van der Waals surface area contributed by atoms with Crippen molar-refractivity contribution in [2.75, 3.05) is 20.6 Å². The Bertz CT molecular complexity index is 876. The maximum absolute atomic E-state index is 13.6. The summed E-state index contributed by atoms with van der Waals surface area (Å²) >= 11 is 17.6. The van der Waals surface area contributed by atoms with Gasteiger partial charge in [0.05, 0.1) is 26.0 Å². The molecule has 0 aliphatic carbocycles. The molecule has 2 rings (SSSR count). The van der Waals surface area contributed by atoms with E-state index in [9.17, 15) is 12.8 Å². The molecule has 2 aromatic rings. The molecule has 1 atom stereocenters. The number of nitrogens with zero attached hydrogens (tertiary/aromatic N) is 1. The van der Waals surface area contributed by atoms with Crippen LogP contribution in [0.15, 0.2) is 41.3 Å². The molecule has 0 saturated carbocycles. The Morgan fingerprint density at radius 2 is 1.68 bits per heavy atom. The van der Waals surface area contributed by atoms with Crippen LogP contribution in [-0.4, -0.2) is 34.0 Å². The van der Waals surface area contributed by atoms with Gasteiger partial charge in [0.25, 0.3) is 0 Å². The van der Waals surface area contributed by atoms with Gasteiger partial charge in [-0.05, 0) is 50.0 Å². The normalized spacial score (nSPS) is 13.2. The minimum atomic E-state index is -3.97. The van der Waals surface area contributed by atoms with E-state index >= 15 is 0 Å². The van der Waals surface area contributed by atoms with Gasteiger partial charge in [0.2, 0.25) is 10.0 Å². The fourth-order valence-corrected chi connectivity index (χ4v) is 3.86. The zero-order valence-electron chi connectivity index (χ0n) is 13.4. The second-order valence-corrected chi connectivity index (χ2v) is 8.62. The Hall–Kier alpha value is -0.890. The molecule has 0 unspecified atom stereocenters. The number of rotatable bonds is 6. The van der Waals surface area contributed by atoms with Crippen LogP contribution < -0.4 is 4.72 Å². The summed E-state index contributed by atoms with van der Waals surface area (Å²) in [4.78, 5) is 1.61. The Morgan fingerprint density at radius 3 is 2.24 bits per heavy atom. The molecule has 0 saturated heterocycles. The van der Waals surface area contributed by atoms with Crippen LogP contribution in [0.5, 0.6) is 0 Å². The van der Waals surface area contributed by atoms with Gasteiger partial charge >= 0.3 is 0 Å². The fraction of sp³-hybridized carbons (Fsp3) is 0.250. The van der Waals surface area contributed by atoms with Crippen molar-refractivity contribution in [3.05, 3.63) is 62.8 Å². The molecule has 0 bridgehead atoms. The van der Waals surface area contributed by atoms with E-state index in [0.717, 1.165) is 6.07 Å². The van der Waals surface area contributed by atoms with Crippen LogP contribution in [0, 0.1) is 5.82 Å². The van der Waals surface area contributed by atoms with Gasteiger partial charge in [0, 0.05) is 6.54 Å². The molecular weight excluding hydrogens is 410 g/mol. The number of nitrogens with one attached hydrogen (secondary N) is 1. The number of halogens is 4. The lowest BCUT2D eigenvalue weighted by Gasteiger charge is -2.23. The second kappa shape index (κ2) is 8.20. The summed E-state index contributed by atoms with van der Waals surface area (Å²) in [5.74, 6) is -0.803. The van der Waals surface area contributed by atoms with Crippen molar-refractivity contribution in [2.45, 2.75) is 10.9 Å². The molecule has 25 heavy (non-hydrogen) atoms. The smallest absolute Gasteiger partial charge is 0.241 e. The van der Waals surface area contributed by atoms with Crippen LogP contribution >= 0.6 is 34.8 Å². The van der Waals surface area contributed by atoms with Crippen molar-refractivity contribution in [1.82, 2.24) is 9.62 Å². The first-order valence-electron chi connectivity index (χ1n) is 7.17.